The van der Waals surface area contributed by atoms with Gasteiger partial charge in [0.05, 0.1) is 0 Å². The maximum absolute atomic E-state index is 13.9. The number of hydrogen-bond acceptors (Lipinski definition) is 3. The molecule has 0 aliphatic heterocycles. The molecule has 0 atom stereocenters. The molecule has 2 aromatic heterocycles. The van der Waals surface area contributed by atoms with Crippen molar-refractivity contribution in [1.29, 1.82) is 0 Å². The van der Waals surface area contributed by atoms with Gasteiger partial charge in [-0.1, -0.05) is 18.2 Å². The third-order valence-corrected chi connectivity index (χ3v) is 3.56. The third kappa shape index (κ3) is 2.35. The molecule has 0 aliphatic rings. The van der Waals surface area contributed by atoms with Crippen LogP contribution in [-0.4, -0.2) is 12.8 Å². The van der Waals surface area contributed by atoms with Crippen molar-refractivity contribution in [2.45, 2.75) is 13.3 Å². The van der Waals surface area contributed by atoms with Crippen molar-refractivity contribution in [1.82, 2.24) is 4.98 Å². The molecule has 102 valence electrons. The maximum Gasteiger partial charge on any atom is 0.340 e. The van der Waals surface area contributed by atoms with Gasteiger partial charge in [0, 0.05) is 29.2 Å². The van der Waals surface area contributed by atoms with Gasteiger partial charge in [-0.3, -0.25) is 4.98 Å². The van der Waals surface area contributed by atoms with Crippen LogP contribution in [0, 0.1) is 12.7 Å². The highest BCUT2D eigenvalue weighted by atomic mass is 19.1. The van der Waals surface area contributed by atoms with Crippen molar-refractivity contribution >= 4 is 24.4 Å². The first-order chi connectivity index (χ1) is 10.1. The summed E-state index contributed by atoms with van der Waals surface area (Å²) in [7, 11) is 5.45. The molecule has 0 unspecified atom stereocenters. The van der Waals surface area contributed by atoms with Crippen LogP contribution in [0.5, 0.6) is 0 Å². The second kappa shape index (κ2) is 5.16. The summed E-state index contributed by atoms with van der Waals surface area (Å²) in [5.74, 6) is -0.593. The first kappa shape index (κ1) is 13.6. The fourth-order valence-corrected chi connectivity index (χ4v) is 2.38. The topological polar surface area (TPSA) is 43.1 Å². The van der Waals surface area contributed by atoms with Gasteiger partial charge in [-0.05, 0) is 30.2 Å². The fourth-order valence-electron chi connectivity index (χ4n) is 2.38. The molecule has 3 nitrogen and oxygen atoms in total. The van der Waals surface area contributed by atoms with E-state index in [-0.39, 0.29) is 12.0 Å². The predicted molar refractivity (Wildman–Crippen MR) is 79.6 cm³/mol. The Hall–Kier alpha value is -2.43. The molecular formula is C16H11BFNO2. The van der Waals surface area contributed by atoms with E-state index < -0.39 is 11.4 Å². The van der Waals surface area contributed by atoms with Gasteiger partial charge in [-0.25, -0.2) is 9.18 Å². The van der Waals surface area contributed by atoms with E-state index in [9.17, 15) is 9.18 Å². The highest BCUT2D eigenvalue weighted by molar-refractivity contribution is 6.30. The molecule has 2 radical (unpaired) electrons. The Morgan fingerprint density at radius 1 is 1.29 bits per heavy atom. The number of hydrogen-bond donors (Lipinski definition) is 0. The minimum Gasteiger partial charge on any atom is -0.423 e. The van der Waals surface area contributed by atoms with E-state index in [2.05, 4.69) is 4.98 Å². The maximum atomic E-state index is 13.9. The third-order valence-electron chi connectivity index (χ3n) is 3.56. The lowest BCUT2D eigenvalue weighted by Gasteiger charge is -2.09. The first-order valence-corrected chi connectivity index (χ1v) is 6.48. The number of nitrogens with zero attached hydrogens (tertiary/aromatic N) is 1. The van der Waals surface area contributed by atoms with Gasteiger partial charge >= 0.3 is 5.63 Å². The van der Waals surface area contributed by atoms with E-state index >= 15 is 0 Å². The largest absolute Gasteiger partial charge is 0.423 e. The molecular weight excluding hydrogens is 268 g/mol. The molecule has 0 saturated heterocycles. The Bertz CT molecular complexity index is 889. The van der Waals surface area contributed by atoms with Crippen molar-refractivity contribution < 1.29 is 8.81 Å². The zero-order chi connectivity index (χ0) is 15.0. The van der Waals surface area contributed by atoms with Crippen molar-refractivity contribution in [3.63, 3.8) is 0 Å². The van der Waals surface area contributed by atoms with Crippen molar-refractivity contribution in [3.8, 4) is 0 Å². The van der Waals surface area contributed by atoms with Crippen molar-refractivity contribution in [2.24, 2.45) is 0 Å². The average molecular weight is 279 g/mol. The van der Waals surface area contributed by atoms with Gasteiger partial charge in [-0.15, -0.1) is 0 Å². The quantitative estimate of drug-likeness (QED) is 0.532. The number of rotatable bonds is 2. The smallest absolute Gasteiger partial charge is 0.340 e. The summed E-state index contributed by atoms with van der Waals surface area (Å²) >= 11 is 0. The van der Waals surface area contributed by atoms with Gasteiger partial charge in [0.25, 0.3) is 0 Å². The molecule has 0 fully saturated rings. The Kier molecular flexibility index (Phi) is 3.33. The number of fused-ring (bicyclic) bond motifs is 1. The summed E-state index contributed by atoms with van der Waals surface area (Å²) in [5.41, 5.74) is 1.44. The molecule has 21 heavy (non-hydrogen) atoms. The normalized spacial score (nSPS) is 11.0. The molecule has 5 heteroatoms. The number of aryl methyl sites for hydroxylation is 1. The lowest BCUT2D eigenvalue weighted by Crippen LogP contribution is -2.18. The van der Waals surface area contributed by atoms with Gasteiger partial charge in [0.1, 0.15) is 19.2 Å². The fraction of sp³-hybridized carbons (Fsp3) is 0.125. The minimum atomic E-state index is -0.593. The standard InChI is InChI=1S/C16H11BFNO2/c1-9-11-4-2-3-5-13(11)21-16(20)12(9)8-10-6-7-19-15(17)14(10)18/h2-7H,8H2,1H3. The average Bonchev–Trinajstić information content (AvgIpc) is 2.47. The summed E-state index contributed by atoms with van der Waals surface area (Å²) in [4.78, 5) is 15.8. The highest BCUT2D eigenvalue weighted by Crippen LogP contribution is 2.21. The van der Waals surface area contributed by atoms with Gasteiger partial charge in [-0.2, -0.15) is 0 Å². The molecule has 0 N–H and O–H groups in total. The molecule has 0 aliphatic carbocycles. The van der Waals surface area contributed by atoms with Crippen molar-refractivity contribution in [2.75, 3.05) is 0 Å². The molecule has 1 aromatic carbocycles. The van der Waals surface area contributed by atoms with E-state index in [1.165, 1.54) is 12.3 Å². The monoisotopic (exact) mass is 279 g/mol. The lowest BCUT2D eigenvalue weighted by molar-refractivity contribution is 0.549. The minimum absolute atomic E-state index is 0.123. The van der Waals surface area contributed by atoms with Gasteiger partial charge in [0.15, 0.2) is 0 Å². The van der Waals surface area contributed by atoms with Crippen LogP contribution >= 0.6 is 0 Å². The Labute approximate surface area is 121 Å². The van der Waals surface area contributed by atoms with Crippen LogP contribution in [0.4, 0.5) is 4.39 Å². The predicted octanol–water partition coefficient (Wildman–Crippen LogP) is 2.02. The second-order valence-corrected chi connectivity index (χ2v) is 4.84. The van der Waals surface area contributed by atoms with E-state index in [0.717, 1.165) is 10.9 Å². The van der Waals surface area contributed by atoms with Crippen LogP contribution in [0.3, 0.4) is 0 Å². The Morgan fingerprint density at radius 2 is 2.05 bits per heavy atom. The highest BCUT2D eigenvalue weighted by Gasteiger charge is 2.14. The molecule has 0 spiro atoms. The Balaban J connectivity index is 2.17. The van der Waals surface area contributed by atoms with Gasteiger partial charge in [0.2, 0.25) is 0 Å². The molecule has 3 rings (SSSR count). The van der Waals surface area contributed by atoms with Crippen LogP contribution < -0.4 is 11.2 Å². The van der Waals surface area contributed by atoms with Crippen LogP contribution in [0.2, 0.25) is 0 Å². The zero-order valence-corrected chi connectivity index (χ0v) is 11.4. The van der Waals surface area contributed by atoms with Crippen molar-refractivity contribution in [3.05, 3.63) is 69.5 Å². The van der Waals surface area contributed by atoms with Crippen LogP contribution in [-0.2, 0) is 6.42 Å². The number of aromatic nitrogens is 1. The second-order valence-electron chi connectivity index (χ2n) is 4.84. The van der Waals surface area contributed by atoms with Crippen LogP contribution in [0.1, 0.15) is 16.7 Å². The van der Waals surface area contributed by atoms with Gasteiger partial charge < -0.3 is 4.42 Å². The number of benzene rings is 1. The lowest BCUT2D eigenvalue weighted by atomic mass is 9.95. The summed E-state index contributed by atoms with van der Waals surface area (Å²) in [6.07, 6.45) is 1.54. The first-order valence-electron chi connectivity index (χ1n) is 6.48. The SMILES string of the molecule is [B]c1nccc(Cc2c(C)c3ccccc3oc2=O)c1F. The van der Waals surface area contributed by atoms with Crippen LogP contribution in [0.15, 0.2) is 45.7 Å². The van der Waals surface area contributed by atoms with E-state index in [0.29, 0.717) is 16.7 Å². The zero-order valence-electron chi connectivity index (χ0n) is 11.4. The van der Waals surface area contributed by atoms with E-state index in [1.54, 1.807) is 12.1 Å². The number of halogens is 1. The molecule has 3 aromatic rings. The summed E-state index contributed by atoms with van der Waals surface area (Å²) in [5, 5.41) is 0.842. The molecule has 0 bridgehead atoms. The van der Waals surface area contributed by atoms with E-state index in [4.69, 9.17) is 12.3 Å². The number of pyridine rings is 1. The molecule has 0 amide bonds. The number of para-hydroxylation sites is 1. The van der Waals surface area contributed by atoms with E-state index in [1.807, 2.05) is 19.1 Å². The summed E-state index contributed by atoms with van der Waals surface area (Å²) in [6, 6.07) is 8.78. The Morgan fingerprint density at radius 3 is 2.86 bits per heavy atom. The molecule has 0 saturated carbocycles. The van der Waals surface area contributed by atoms with Crippen LogP contribution in [0.25, 0.3) is 11.0 Å². The summed E-state index contributed by atoms with van der Waals surface area (Å²) in [6.45, 7) is 1.83. The summed E-state index contributed by atoms with van der Waals surface area (Å²) < 4.78 is 19.2. The molecule has 2 heterocycles.